The second kappa shape index (κ2) is 26.1. The summed E-state index contributed by atoms with van der Waals surface area (Å²) < 4.78 is 19.3. The Labute approximate surface area is 381 Å². The Hall–Kier alpha value is -6.78. The van der Waals surface area contributed by atoms with Crippen LogP contribution in [0.3, 0.4) is 0 Å². The van der Waals surface area contributed by atoms with E-state index in [4.69, 9.17) is 19.3 Å². The van der Waals surface area contributed by atoms with Crippen LogP contribution in [0.4, 0.5) is 4.79 Å². The first kappa shape index (κ1) is 50.9. The lowest BCUT2D eigenvalue weighted by molar-refractivity contribution is -0.134. The Kier molecular flexibility index (Phi) is 20.4. The number of alkyl carbamates (subject to hydrolysis) is 1. The normalized spacial score (nSPS) is 11.4. The summed E-state index contributed by atoms with van der Waals surface area (Å²) in [5.74, 6) is 1.96. The molecule has 0 fully saturated rings. The lowest BCUT2D eigenvalue weighted by Gasteiger charge is -2.27. The zero-order valence-electron chi connectivity index (χ0n) is 39.1. The molecule has 16 nitrogen and oxygen atoms in total. The van der Waals surface area contributed by atoms with Gasteiger partial charge >= 0.3 is 6.09 Å². The number of fused-ring (bicyclic) bond motifs is 6. The monoisotopic (exact) mass is 892 g/mol. The first-order valence-corrected chi connectivity index (χ1v) is 21.8. The van der Waals surface area contributed by atoms with Crippen molar-refractivity contribution in [3.8, 4) is 28.1 Å². The molecule has 0 spiro atoms. The van der Waals surface area contributed by atoms with E-state index in [9.17, 15) is 14.4 Å². The smallest absolute Gasteiger partial charge is 0.407 e. The van der Waals surface area contributed by atoms with E-state index in [1.165, 1.54) is 20.6 Å². The molecule has 348 valence electrons. The predicted molar refractivity (Wildman–Crippen MR) is 253 cm³/mol. The molecular weight excluding hydrogens is 829 g/mol. The molecule has 0 aliphatic carbocycles. The van der Waals surface area contributed by atoms with Gasteiger partial charge in [0.15, 0.2) is 0 Å². The zero-order valence-corrected chi connectivity index (χ0v) is 39.1. The van der Waals surface area contributed by atoms with Crippen LogP contribution in [0.5, 0.6) is 5.75 Å². The molecule has 16 heteroatoms. The second-order valence-electron chi connectivity index (χ2n) is 15.2. The number of aromatic amines is 2. The number of benzene rings is 4. The molecule has 4 aromatic carbocycles. The molecular formula is C49H64N8O8. The number of aromatic nitrogens is 4. The van der Waals surface area contributed by atoms with Gasteiger partial charge in [0, 0.05) is 38.3 Å². The summed E-state index contributed by atoms with van der Waals surface area (Å²) >= 11 is 0. The molecule has 6 aromatic rings. The van der Waals surface area contributed by atoms with Crippen LogP contribution in [-0.2, 0) is 48.3 Å². The van der Waals surface area contributed by atoms with Crippen molar-refractivity contribution in [1.29, 1.82) is 0 Å². The summed E-state index contributed by atoms with van der Waals surface area (Å²) in [5.41, 5.74) is 7.35. The van der Waals surface area contributed by atoms with Gasteiger partial charge in [-0.1, -0.05) is 82.6 Å². The topological polar surface area (TPSA) is 193 Å². The number of nitrogens with zero attached hydrogens (tertiary/aromatic N) is 4. The van der Waals surface area contributed by atoms with Crippen molar-refractivity contribution in [3.05, 3.63) is 102 Å². The number of H-pyrrole nitrogens is 2. The van der Waals surface area contributed by atoms with Gasteiger partial charge in [0.1, 0.15) is 30.0 Å². The van der Waals surface area contributed by atoms with E-state index >= 15 is 0 Å². The maximum atomic E-state index is 13.9. The summed E-state index contributed by atoms with van der Waals surface area (Å²) in [6.07, 6.45) is 3.94. The average Bonchev–Trinajstić information content (AvgIpc) is 3.97. The SMILES string of the molecule is CCC.CCCN(Cc1nc2c(ccc3cc4c(cc32)OCc2cc(-c3cnc(CN(CCC)C(=O)[C@H](NC(=O)OC)c5ccccc5)[nH]3)ccc2-4)[nH]1)C(=O)CNC.COC.COC=O. The minimum atomic E-state index is -0.903. The predicted octanol–water partition coefficient (Wildman–Crippen LogP) is 7.93. The third-order valence-corrected chi connectivity index (χ3v) is 9.92. The summed E-state index contributed by atoms with van der Waals surface area (Å²) in [7, 11) is 7.61. The molecule has 1 aliphatic heterocycles. The number of carbonyl (C=O) groups excluding carboxylic acids is 4. The van der Waals surface area contributed by atoms with Crippen molar-refractivity contribution in [2.45, 2.75) is 72.7 Å². The van der Waals surface area contributed by atoms with Crippen molar-refractivity contribution >= 4 is 46.2 Å². The van der Waals surface area contributed by atoms with Gasteiger partial charge in [-0.2, -0.15) is 0 Å². The van der Waals surface area contributed by atoms with E-state index in [2.05, 4.69) is 92.2 Å². The van der Waals surface area contributed by atoms with Crippen LogP contribution in [0.2, 0.25) is 0 Å². The van der Waals surface area contributed by atoms with Gasteiger partial charge in [0.05, 0.1) is 56.8 Å². The summed E-state index contributed by atoms with van der Waals surface area (Å²) in [4.78, 5) is 67.6. The summed E-state index contributed by atoms with van der Waals surface area (Å²) in [6.45, 7) is 11.2. The lowest BCUT2D eigenvalue weighted by atomic mass is 9.92. The largest absolute Gasteiger partial charge is 0.488 e. The molecule has 0 unspecified atom stereocenters. The van der Waals surface area contributed by atoms with E-state index < -0.39 is 12.1 Å². The molecule has 65 heavy (non-hydrogen) atoms. The molecule has 4 N–H and O–H groups in total. The number of nitrogens with one attached hydrogen (secondary N) is 4. The maximum absolute atomic E-state index is 13.9. The number of hydrogen-bond acceptors (Lipinski definition) is 11. The van der Waals surface area contributed by atoms with Crippen molar-refractivity contribution in [2.24, 2.45) is 0 Å². The second-order valence-corrected chi connectivity index (χ2v) is 15.2. The van der Waals surface area contributed by atoms with Gasteiger partial charge < -0.3 is 49.3 Å². The molecule has 0 bridgehead atoms. The van der Waals surface area contributed by atoms with Crippen LogP contribution in [0.1, 0.15) is 75.8 Å². The molecule has 0 saturated heterocycles. The fourth-order valence-corrected chi connectivity index (χ4v) is 7.19. The highest BCUT2D eigenvalue weighted by atomic mass is 16.5. The summed E-state index contributed by atoms with van der Waals surface area (Å²) in [6, 6.07) is 22.9. The van der Waals surface area contributed by atoms with Crippen molar-refractivity contribution in [3.63, 3.8) is 0 Å². The maximum Gasteiger partial charge on any atom is 0.407 e. The van der Waals surface area contributed by atoms with Crippen molar-refractivity contribution < 1.29 is 38.1 Å². The number of likely N-dealkylation sites (N-methyl/N-ethyl adjacent to an activating group) is 1. The first-order chi connectivity index (χ1) is 31.5. The Balaban J connectivity index is 0.000000845. The Morgan fingerprint density at radius 3 is 2.18 bits per heavy atom. The van der Waals surface area contributed by atoms with Crippen LogP contribution in [0.15, 0.2) is 79.0 Å². The fourth-order valence-electron chi connectivity index (χ4n) is 7.19. The van der Waals surface area contributed by atoms with Crippen LogP contribution in [0, 0.1) is 0 Å². The molecule has 0 saturated carbocycles. The highest BCUT2D eigenvalue weighted by molar-refractivity contribution is 6.07. The number of hydrogen-bond donors (Lipinski definition) is 4. The number of amides is 3. The Bertz CT molecular complexity index is 2450. The third-order valence-electron chi connectivity index (χ3n) is 9.92. The van der Waals surface area contributed by atoms with Crippen molar-refractivity contribution in [1.82, 2.24) is 40.4 Å². The average molecular weight is 893 g/mol. The number of rotatable bonds is 15. The van der Waals surface area contributed by atoms with Gasteiger partial charge in [-0.05, 0) is 71.8 Å². The minimum absolute atomic E-state index is 0.0427. The van der Waals surface area contributed by atoms with Crippen LogP contribution < -0.4 is 15.4 Å². The number of ether oxygens (including phenoxy) is 4. The summed E-state index contributed by atoms with van der Waals surface area (Å²) in [5, 5.41) is 7.68. The van der Waals surface area contributed by atoms with Gasteiger partial charge in [-0.25, -0.2) is 14.8 Å². The van der Waals surface area contributed by atoms with Crippen LogP contribution in [0.25, 0.3) is 44.2 Å². The van der Waals surface area contributed by atoms with Crippen LogP contribution in [-0.4, -0.2) is 109 Å². The van der Waals surface area contributed by atoms with E-state index in [0.717, 1.165) is 74.2 Å². The minimum Gasteiger partial charge on any atom is -0.488 e. The van der Waals surface area contributed by atoms with Crippen molar-refractivity contribution in [2.75, 3.05) is 55.1 Å². The van der Waals surface area contributed by atoms with E-state index in [1.807, 2.05) is 48.2 Å². The molecule has 2 aromatic heterocycles. The number of imidazole rings is 2. The highest BCUT2D eigenvalue weighted by Gasteiger charge is 2.29. The van der Waals surface area contributed by atoms with Gasteiger partial charge in [-0.15, -0.1) is 0 Å². The Morgan fingerprint density at radius 1 is 0.862 bits per heavy atom. The molecule has 7 rings (SSSR count). The number of carbonyl (C=O) groups is 4. The van der Waals surface area contributed by atoms with E-state index in [0.29, 0.717) is 44.1 Å². The van der Waals surface area contributed by atoms with Crippen LogP contribution >= 0.6 is 0 Å². The quantitative estimate of drug-likeness (QED) is 0.0732. The fraction of sp³-hybridized carbons (Fsp3) is 0.388. The van der Waals surface area contributed by atoms with Gasteiger partial charge in [0.25, 0.3) is 6.47 Å². The third kappa shape index (κ3) is 13.6. The lowest BCUT2D eigenvalue weighted by Crippen LogP contribution is -2.43. The van der Waals surface area contributed by atoms with E-state index in [1.54, 1.807) is 32.4 Å². The van der Waals surface area contributed by atoms with Gasteiger partial charge in [0.2, 0.25) is 11.8 Å². The first-order valence-electron chi connectivity index (χ1n) is 21.8. The molecule has 0 radical (unpaired) electrons. The molecule has 1 aliphatic rings. The zero-order chi connectivity index (χ0) is 47.3. The number of methoxy groups -OCH3 is 3. The molecule has 3 heterocycles. The highest BCUT2D eigenvalue weighted by Crippen LogP contribution is 2.42. The Morgan fingerprint density at radius 2 is 1.54 bits per heavy atom. The standard InChI is InChI=1S/C42H46N8O5.C3H8.C2H4O2.C2H6O/c1-5-16-49(38(51)22-43-3)24-37-45-33-15-13-27-19-32-30-14-12-28(18-29(30)25-55-35(32)20-31(27)40(33)47-37)34-21-44-36(46-34)23-50(17-6-2)41(52)39(48-42(53)54-4)26-10-8-7-9-11-26;1-3-2;1-4-2-3;1-3-2/h7-15,18-21,39,43H,5-6,16-17,22-25H2,1-4H3,(H,44,46)(H,45,47)(H,48,53);3H2,1-2H3;2H,1H3;1-2H3/t39-;;;/m1.../s1. The molecule has 1 atom stereocenters. The van der Waals surface area contributed by atoms with E-state index in [-0.39, 0.29) is 24.9 Å². The molecule has 3 amide bonds. The van der Waals surface area contributed by atoms with Gasteiger partial charge in [-0.3, -0.25) is 14.4 Å².